The Kier molecular flexibility index (Phi) is 7.34. The molecule has 0 bridgehead atoms. The molecule has 2 heterocycles. The summed E-state index contributed by atoms with van der Waals surface area (Å²) in [7, 11) is 0. The molecule has 1 aromatic carbocycles. The average Bonchev–Trinajstić information content (AvgIpc) is 3.37. The third-order valence-electron chi connectivity index (χ3n) is 3.89. The molecule has 152 valence electrons. The Morgan fingerprint density at radius 3 is 2.59 bits per heavy atom. The molecule has 1 unspecified atom stereocenters. The predicted molar refractivity (Wildman–Crippen MR) is 115 cm³/mol. The SMILES string of the molecule is CC(C)C(NC(=O)c1cccs1)C(=O)Nc1nnc(SCc2ccc(F)cc2)s1. The van der Waals surface area contributed by atoms with E-state index >= 15 is 0 Å². The summed E-state index contributed by atoms with van der Waals surface area (Å²) < 4.78 is 13.7. The minimum Gasteiger partial charge on any atom is -0.339 e. The highest BCUT2D eigenvalue weighted by Crippen LogP contribution is 2.28. The van der Waals surface area contributed by atoms with E-state index in [1.165, 1.54) is 46.6 Å². The van der Waals surface area contributed by atoms with E-state index in [1.807, 2.05) is 19.2 Å². The summed E-state index contributed by atoms with van der Waals surface area (Å²) >= 11 is 4.03. The Labute approximate surface area is 180 Å². The van der Waals surface area contributed by atoms with Crippen molar-refractivity contribution in [1.29, 1.82) is 0 Å². The van der Waals surface area contributed by atoms with E-state index in [0.29, 0.717) is 20.1 Å². The van der Waals surface area contributed by atoms with Gasteiger partial charge < -0.3 is 5.32 Å². The normalized spacial score (nSPS) is 12.0. The standard InChI is InChI=1S/C19H19FN4O2S3/c1-11(2)15(21-16(25)14-4-3-9-27-14)17(26)22-18-23-24-19(29-18)28-10-12-5-7-13(20)8-6-12/h3-9,11,15H,10H2,1-2H3,(H,21,25)(H,22,23,26). The van der Waals surface area contributed by atoms with Crippen LogP contribution >= 0.6 is 34.4 Å². The van der Waals surface area contributed by atoms with E-state index in [9.17, 15) is 14.0 Å². The van der Waals surface area contributed by atoms with E-state index in [1.54, 1.807) is 24.3 Å². The molecule has 2 aromatic heterocycles. The lowest BCUT2D eigenvalue weighted by Gasteiger charge is -2.20. The van der Waals surface area contributed by atoms with Crippen LogP contribution in [0.15, 0.2) is 46.1 Å². The van der Waals surface area contributed by atoms with E-state index in [-0.39, 0.29) is 23.5 Å². The topological polar surface area (TPSA) is 84.0 Å². The third kappa shape index (κ3) is 6.09. The van der Waals surface area contributed by atoms with E-state index in [2.05, 4.69) is 20.8 Å². The Balaban J connectivity index is 1.57. The smallest absolute Gasteiger partial charge is 0.262 e. The Morgan fingerprint density at radius 2 is 1.93 bits per heavy atom. The van der Waals surface area contributed by atoms with Gasteiger partial charge in [0.15, 0.2) is 4.34 Å². The van der Waals surface area contributed by atoms with Crippen LogP contribution in [-0.4, -0.2) is 28.1 Å². The van der Waals surface area contributed by atoms with Crippen LogP contribution < -0.4 is 10.6 Å². The number of anilines is 1. The summed E-state index contributed by atoms with van der Waals surface area (Å²) in [5, 5.41) is 15.8. The second-order valence-electron chi connectivity index (χ2n) is 6.45. The summed E-state index contributed by atoms with van der Waals surface area (Å²) in [5.74, 6) is -0.364. The van der Waals surface area contributed by atoms with Crippen molar-refractivity contribution in [2.24, 2.45) is 5.92 Å². The Morgan fingerprint density at radius 1 is 1.17 bits per heavy atom. The number of carbonyl (C=O) groups excluding carboxylic acids is 2. The molecule has 10 heteroatoms. The van der Waals surface area contributed by atoms with Crippen molar-refractivity contribution < 1.29 is 14.0 Å². The highest BCUT2D eigenvalue weighted by molar-refractivity contribution is 8.00. The highest BCUT2D eigenvalue weighted by atomic mass is 32.2. The lowest BCUT2D eigenvalue weighted by molar-refractivity contribution is -0.118. The van der Waals surface area contributed by atoms with Crippen molar-refractivity contribution in [2.75, 3.05) is 5.32 Å². The lowest BCUT2D eigenvalue weighted by atomic mass is 10.0. The van der Waals surface area contributed by atoms with Crippen LogP contribution in [0.5, 0.6) is 0 Å². The fraction of sp³-hybridized carbons (Fsp3) is 0.263. The second-order valence-corrected chi connectivity index (χ2v) is 9.60. The molecule has 0 saturated carbocycles. The molecule has 3 rings (SSSR count). The number of benzene rings is 1. The van der Waals surface area contributed by atoms with Gasteiger partial charge in [-0.2, -0.15) is 0 Å². The number of nitrogens with one attached hydrogen (secondary N) is 2. The van der Waals surface area contributed by atoms with Crippen LogP contribution in [0.1, 0.15) is 29.1 Å². The zero-order valence-electron chi connectivity index (χ0n) is 15.7. The summed E-state index contributed by atoms with van der Waals surface area (Å²) in [5.41, 5.74) is 0.966. The first-order chi connectivity index (χ1) is 13.9. The van der Waals surface area contributed by atoms with Crippen LogP contribution in [0.3, 0.4) is 0 Å². The van der Waals surface area contributed by atoms with Crippen LogP contribution in [0.25, 0.3) is 0 Å². The molecule has 2 amide bonds. The first-order valence-corrected chi connectivity index (χ1v) is 11.5. The minimum absolute atomic E-state index is 0.0980. The van der Waals surface area contributed by atoms with Gasteiger partial charge in [-0.15, -0.1) is 21.5 Å². The first-order valence-electron chi connectivity index (χ1n) is 8.78. The van der Waals surface area contributed by atoms with Gasteiger partial charge in [0.25, 0.3) is 5.91 Å². The molecule has 0 radical (unpaired) electrons. The summed E-state index contributed by atoms with van der Waals surface area (Å²) in [6.07, 6.45) is 0. The predicted octanol–water partition coefficient (Wildman–Crippen LogP) is 4.42. The number of thioether (sulfide) groups is 1. The molecule has 0 aliphatic heterocycles. The van der Waals surface area contributed by atoms with Crippen molar-refractivity contribution >= 4 is 51.4 Å². The molecule has 0 aliphatic rings. The number of amides is 2. The Bertz CT molecular complexity index is 958. The van der Waals surface area contributed by atoms with Crippen LogP contribution in [-0.2, 0) is 10.5 Å². The number of halogens is 1. The van der Waals surface area contributed by atoms with E-state index in [4.69, 9.17) is 0 Å². The number of carbonyl (C=O) groups is 2. The number of hydrogen-bond acceptors (Lipinski definition) is 7. The van der Waals surface area contributed by atoms with Gasteiger partial charge in [-0.05, 0) is 35.1 Å². The molecular weight excluding hydrogens is 431 g/mol. The van der Waals surface area contributed by atoms with Crippen molar-refractivity contribution in [2.45, 2.75) is 30.0 Å². The number of aromatic nitrogens is 2. The second kappa shape index (κ2) is 9.95. The van der Waals surface area contributed by atoms with Gasteiger partial charge in [0.1, 0.15) is 11.9 Å². The first kappa shape index (κ1) is 21.4. The molecule has 29 heavy (non-hydrogen) atoms. The maximum absolute atomic E-state index is 13.0. The fourth-order valence-corrected chi connectivity index (χ4v) is 4.72. The molecule has 0 aliphatic carbocycles. The molecule has 2 N–H and O–H groups in total. The molecule has 0 fully saturated rings. The third-order valence-corrected chi connectivity index (χ3v) is 6.80. The maximum atomic E-state index is 13.0. The molecule has 3 aromatic rings. The molecule has 1 atom stereocenters. The summed E-state index contributed by atoms with van der Waals surface area (Å²) in [6.45, 7) is 3.73. The molecule has 0 saturated heterocycles. The van der Waals surface area contributed by atoms with Crippen LogP contribution in [0.2, 0.25) is 0 Å². The van der Waals surface area contributed by atoms with Crippen LogP contribution in [0.4, 0.5) is 9.52 Å². The van der Waals surface area contributed by atoms with Crippen molar-refractivity contribution in [3.05, 3.63) is 58.0 Å². The minimum atomic E-state index is -0.691. The zero-order valence-corrected chi connectivity index (χ0v) is 18.2. The number of thiophene rings is 1. The van der Waals surface area contributed by atoms with Gasteiger partial charge in [0, 0.05) is 5.75 Å². The maximum Gasteiger partial charge on any atom is 0.262 e. The summed E-state index contributed by atoms with van der Waals surface area (Å²) in [6, 6.07) is 9.08. The van der Waals surface area contributed by atoms with E-state index in [0.717, 1.165) is 5.56 Å². The quantitative estimate of drug-likeness (QED) is 0.392. The van der Waals surface area contributed by atoms with Crippen LogP contribution in [0, 0.1) is 11.7 Å². The van der Waals surface area contributed by atoms with Gasteiger partial charge in [-0.3, -0.25) is 14.9 Å². The summed E-state index contributed by atoms with van der Waals surface area (Å²) in [4.78, 5) is 25.5. The van der Waals surface area contributed by atoms with Crippen molar-refractivity contribution in [3.63, 3.8) is 0 Å². The number of hydrogen-bond donors (Lipinski definition) is 2. The van der Waals surface area contributed by atoms with Gasteiger partial charge in [0.05, 0.1) is 4.88 Å². The van der Waals surface area contributed by atoms with Crippen molar-refractivity contribution in [1.82, 2.24) is 15.5 Å². The average molecular weight is 451 g/mol. The molecular formula is C19H19FN4O2S3. The number of nitrogens with zero attached hydrogens (tertiary/aromatic N) is 2. The van der Waals surface area contributed by atoms with Gasteiger partial charge in [-0.25, -0.2) is 4.39 Å². The largest absolute Gasteiger partial charge is 0.339 e. The van der Waals surface area contributed by atoms with Crippen molar-refractivity contribution in [3.8, 4) is 0 Å². The van der Waals surface area contributed by atoms with Gasteiger partial charge >= 0.3 is 0 Å². The highest BCUT2D eigenvalue weighted by Gasteiger charge is 2.26. The van der Waals surface area contributed by atoms with Gasteiger partial charge in [-0.1, -0.05) is 55.1 Å². The van der Waals surface area contributed by atoms with Gasteiger partial charge in [0.2, 0.25) is 11.0 Å². The monoisotopic (exact) mass is 450 g/mol. The lowest BCUT2D eigenvalue weighted by Crippen LogP contribution is -2.46. The van der Waals surface area contributed by atoms with E-state index < -0.39 is 6.04 Å². The molecule has 0 spiro atoms. The number of rotatable bonds is 8. The fourth-order valence-electron chi connectivity index (χ4n) is 2.38. The molecule has 6 nitrogen and oxygen atoms in total. The Hall–Kier alpha value is -2.30. The zero-order chi connectivity index (χ0) is 20.8.